The molecular weight excluding hydrogens is 479 g/mol. The summed E-state index contributed by atoms with van der Waals surface area (Å²) in [6, 6.07) is 13.9. The number of fused-ring (bicyclic) bond motifs is 3. The lowest BCUT2D eigenvalue weighted by molar-refractivity contribution is 0.0479. The van der Waals surface area contributed by atoms with Crippen molar-refractivity contribution >= 4 is 39.0 Å². The first kappa shape index (κ1) is 22.3. The summed E-state index contributed by atoms with van der Waals surface area (Å²) in [6.45, 7) is 5.40. The molecule has 1 aromatic heterocycles. The first-order valence-corrected chi connectivity index (χ1v) is 11.1. The van der Waals surface area contributed by atoms with Crippen LogP contribution in [0.25, 0.3) is 10.9 Å². The largest absolute Gasteiger partial charge is 0.444 e. The molecule has 1 amide bonds. The maximum Gasteiger partial charge on any atom is 0.419 e. The number of aromatic nitrogens is 1. The van der Waals surface area contributed by atoms with Crippen molar-refractivity contribution in [2.24, 2.45) is 0 Å². The standard InChI is InChI=1S/C24H24BrFN2O4/c1-24(2,3)32-22(29)27-21-15-9-10-19-17(16(15)11-18(21)26)12-20(25)28(19)23(30)31-13-14-7-5-4-6-8-14/h4-10,12,18,21H,11,13H2,1-3H3,(H,27,29)/t18-,21+/m1/s1. The summed E-state index contributed by atoms with van der Waals surface area (Å²) in [5, 5.41) is 3.38. The van der Waals surface area contributed by atoms with E-state index >= 15 is 0 Å². The van der Waals surface area contributed by atoms with E-state index in [1.807, 2.05) is 30.3 Å². The molecule has 6 nitrogen and oxygen atoms in total. The van der Waals surface area contributed by atoms with E-state index in [-0.39, 0.29) is 13.0 Å². The van der Waals surface area contributed by atoms with E-state index in [0.717, 1.165) is 16.5 Å². The van der Waals surface area contributed by atoms with E-state index in [2.05, 4.69) is 21.2 Å². The number of benzene rings is 2. The third-order valence-electron chi connectivity index (χ3n) is 5.24. The molecule has 32 heavy (non-hydrogen) atoms. The SMILES string of the molecule is CC(C)(C)OC(=O)N[C@H]1c2ccc3c(cc(Br)n3C(=O)OCc3ccccc3)c2C[C@H]1F. The summed E-state index contributed by atoms with van der Waals surface area (Å²) in [5.41, 5.74) is 2.25. The van der Waals surface area contributed by atoms with Gasteiger partial charge in [0.2, 0.25) is 0 Å². The number of amides is 1. The summed E-state index contributed by atoms with van der Waals surface area (Å²) >= 11 is 3.43. The maximum atomic E-state index is 14.9. The Labute approximate surface area is 193 Å². The van der Waals surface area contributed by atoms with Gasteiger partial charge in [-0.2, -0.15) is 0 Å². The van der Waals surface area contributed by atoms with Crippen LogP contribution in [0.5, 0.6) is 0 Å². The van der Waals surface area contributed by atoms with Gasteiger partial charge >= 0.3 is 12.2 Å². The van der Waals surface area contributed by atoms with Gasteiger partial charge in [0.1, 0.15) is 18.4 Å². The van der Waals surface area contributed by atoms with Crippen molar-refractivity contribution in [3.05, 3.63) is 69.8 Å². The fraction of sp³-hybridized carbons (Fsp3) is 0.333. The smallest absolute Gasteiger partial charge is 0.419 e. The minimum Gasteiger partial charge on any atom is -0.444 e. The highest BCUT2D eigenvalue weighted by Crippen LogP contribution is 2.40. The normalized spacial score (nSPS) is 17.8. The van der Waals surface area contributed by atoms with E-state index in [4.69, 9.17) is 9.47 Å². The van der Waals surface area contributed by atoms with Crippen LogP contribution in [0.1, 0.15) is 43.5 Å². The number of carbonyl (C=O) groups excluding carboxylic acids is 2. The molecule has 0 unspecified atom stereocenters. The van der Waals surface area contributed by atoms with Crippen molar-refractivity contribution in [1.29, 1.82) is 0 Å². The number of alkyl carbamates (subject to hydrolysis) is 1. The van der Waals surface area contributed by atoms with Crippen molar-refractivity contribution in [2.45, 2.75) is 51.6 Å². The Balaban J connectivity index is 1.59. The van der Waals surface area contributed by atoms with E-state index in [1.54, 1.807) is 39.0 Å². The fourth-order valence-electron chi connectivity index (χ4n) is 3.92. The van der Waals surface area contributed by atoms with Crippen LogP contribution in [0.3, 0.4) is 0 Å². The molecule has 1 N–H and O–H groups in total. The Morgan fingerprint density at radius 1 is 1.19 bits per heavy atom. The van der Waals surface area contributed by atoms with E-state index < -0.39 is 30.0 Å². The molecule has 4 rings (SSSR count). The molecule has 1 aliphatic rings. The Hall–Kier alpha value is -2.87. The van der Waals surface area contributed by atoms with Gasteiger partial charge in [-0.3, -0.25) is 0 Å². The van der Waals surface area contributed by atoms with Gasteiger partial charge in [-0.25, -0.2) is 18.5 Å². The Morgan fingerprint density at radius 2 is 1.91 bits per heavy atom. The number of hydrogen-bond donors (Lipinski definition) is 1. The zero-order chi connectivity index (χ0) is 23.0. The summed E-state index contributed by atoms with van der Waals surface area (Å²) in [4.78, 5) is 25.0. The lowest BCUT2D eigenvalue weighted by Crippen LogP contribution is -2.37. The van der Waals surface area contributed by atoms with Gasteiger partial charge in [0.25, 0.3) is 0 Å². The van der Waals surface area contributed by atoms with Crippen LogP contribution in [0.4, 0.5) is 14.0 Å². The van der Waals surface area contributed by atoms with Gasteiger partial charge < -0.3 is 14.8 Å². The third-order valence-corrected chi connectivity index (χ3v) is 5.83. The van der Waals surface area contributed by atoms with Crippen LogP contribution in [0.15, 0.2) is 53.1 Å². The van der Waals surface area contributed by atoms with Gasteiger partial charge in [-0.1, -0.05) is 36.4 Å². The molecule has 0 saturated heterocycles. The Kier molecular flexibility index (Phi) is 5.99. The number of ether oxygens (including phenoxy) is 2. The topological polar surface area (TPSA) is 69.6 Å². The summed E-state index contributed by atoms with van der Waals surface area (Å²) < 4.78 is 27.6. The average molecular weight is 503 g/mol. The van der Waals surface area contributed by atoms with Crippen LogP contribution in [-0.4, -0.2) is 28.5 Å². The molecule has 0 spiro atoms. The first-order valence-electron chi connectivity index (χ1n) is 10.3. The molecule has 2 atom stereocenters. The Bertz CT molecular complexity index is 1170. The minimum absolute atomic E-state index is 0.128. The van der Waals surface area contributed by atoms with E-state index in [0.29, 0.717) is 15.7 Å². The molecule has 8 heteroatoms. The summed E-state index contributed by atoms with van der Waals surface area (Å²) in [6.07, 6.45) is -2.37. The van der Waals surface area contributed by atoms with Gasteiger partial charge in [0.05, 0.1) is 16.2 Å². The summed E-state index contributed by atoms with van der Waals surface area (Å²) in [7, 11) is 0. The molecule has 0 radical (unpaired) electrons. The minimum atomic E-state index is -1.30. The number of rotatable bonds is 3. The lowest BCUT2D eigenvalue weighted by Gasteiger charge is -2.23. The van der Waals surface area contributed by atoms with Crippen LogP contribution in [0.2, 0.25) is 0 Å². The molecule has 168 valence electrons. The Morgan fingerprint density at radius 3 is 2.59 bits per heavy atom. The number of alkyl halides is 1. The third kappa shape index (κ3) is 4.50. The van der Waals surface area contributed by atoms with Crippen LogP contribution in [0, 0.1) is 0 Å². The van der Waals surface area contributed by atoms with Crippen LogP contribution in [-0.2, 0) is 22.5 Å². The number of nitrogens with zero attached hydrogens (tertiary/aromatic N) is 1. The van der Waals surface area contributed by atoms with Gasteiger partial charge in [-0.15, -0.1) is 0 Å². The molecule has 0 aliphatic heterocycles. The zero-order valence-corrected chi connectivity index (χ0v) is 19.6. The van der Waals surface area contributed by atoms with Crippen molar-refractivity contribution < 1.29 is 23.5 Å². The number of nitrogens with one attached hydrogen (secondary N) is 1. The molecule has 3 aromatic rings. The second-order valence-electron chi connectivity index (χ2n) is 8.75. The lowest BCUT2D eigenvalue weighted by atomic mass is 10.0. The first-order chi connectivity index (χ1) is 15.1. The van der Waals surface area contributed by atoms with Crippen LogP contribution < -0.4 is 5.32 Å². The number of carbonyl (C=O) groups is 2. The fourth-order valence-corrected chi connectivity index (χ4v) is 4.49. The molecular formula is C24H24BrFN2O4. The molecule has 1 aliphatic carbocycles. The summed E-state index contributed by atoms with van der Waals surface area (Å²) in [5.74, 6) is 0. The van der Waals surface area contributed by atoms with Gasteiger partial charge in [0.15, 0.2) is 0 Å². The number of halogens is 2. The second-order valence-corrected chi connectivity index (χ2v) is 9.57. The van der Waals surface area contributed by atoms with E-state index in [9.17, 15) is 14.0 Å². The van der Waals surface area contributed by atoms with Gasteiger partial charge in [-0.05, 0) is 65.5 Å². The predicted octanol–water partition coefficient (Wildman–Crippen LogP) is 6.05. The van der Waals surface area contributed by atoms with Crippen molar-refractivity contribution in [3.63, 3.8) is 0 Å². The van der Waals surface area contributed by atoms with E-state index in [1.165, 1.54) is 4.57 Å². The highest BCUT2D eigenvalue weighted by Gasteiger charge is 2.36. The van der Waals surface area contributed by atoms with Crippen LogP contribution >= 0.6 is 15.9 Å². The van der Waals surface area contributed by atoms with Gasteiger partial charge in [0, 0.05) is 11.8 Å². The number of hydrogen-bond acceptors (Lipinski definition) is 4. The molecule has 1 heterocycles. The molecule has 2 aromatic carbocycles. The molecule has 0 fully saturated rings. The highest BCUT2D eigenvalue weighted by atomic mass is 79.9. The zero-order valence-electron chi connectivity index (χ0n) is 18.0. The maximum absolute atomic E-state index is 14.9. The highest BCUT2D eigenvalue weighted by molar-refractivity contribution is 9.10. The van der Waals surface area contributed by atoms with Crippen molar-refractivity contribution in [3.8, 4) is 0 Å². The average Bonchev–Trinajstić information content (AvgIpc) is 3.22. The monoisotopic (exact) mass is 502 g/mol. The quantitative estimate of drug-likeness (QED) is 0.473. The molecule has 0 saturated carbocycles. The second kappa shape index (κ2) is 8.58. The van der Waals surface area contributed by atoms with Crippen molar-refractivity contribution in [2.75, 3.05) is 0 Å². The molecule has 0 bridgehead atoms. The predicted molar refractivity (Wildman–Crippen MR) is 122 cm³/mol. The van der Waals surface area contributed by atoms with Crippen molar-refractivity contribution in [1.82, 2.24) is 9.88 Å².